The number of benzene rings is 2. The highest BCUT2D eigenvalue weighted by Gasteiger charge is 2.02. The van der Waals surface area contributed by atoms with E-state index in [1.165, 1.54) is 69.8 Å². The standard InChI is InChI=1S/C33H48N2O3/c1-4-5-14-17-29-18-20-30(21-19-29)34-35-31-22-24-32(25-23-31)37-26-15-12-10-8-6-7-9-11-13-16-27-38-33(36)28(2)3/h18-25H,2,4-17,26-27H2,1,3H3. The van der Waals surface area contributed by atoms with Crippen molar-refractivity contribution >= 4 is 17.3 Å². The average Bonchev–Trinajstić information content (AvgIpc) is 2.93. The number of ether oxygens (including phenoxy) is 2. The molecule has 0 radical (unpaired) electrons. The fraction of sp³-hybridized carbons (Fsp3) is 0.545. The fourth-order valence-electron chi connectivity index (χ4n) is 4.13. The van der Waals surface area contributed by atoms with Gasteiger partial charge in [0.05, 0.1) is 24.6 Å². The lowest BCUT2D eigenvalue weighted by atomic mass is 10.1. The van der Waals surface area contributed by atoms with E-state index in [9.17, 15) is 4.79 Å². The second-order valence-electron chi connectivity index (χ2n) is 10.1. The Labute approximate surface area is 230 Å². The number of azo groups is 1. The van der Waals surface area contributed by atoms with Gasteiger partial charge in [-0.2, -0.15) is 10.2 Å². The Balaban J connectivity index is 1.46. The molecule has 5 nitrogen and oxygen atoms in total. The third kappa shape index (κ3) is 14.7. The van der Waals surface area contributed by atoms with Gasteiger partial charge in [0.2, 0.25) is 0 Å². The number of aryl methyl sites for hydroxylation is 1. The van der Waals surface area contributed by atoms with Gasteiger partial charge >= 0.3 is 5.97 Å². The highest BCUT2D eigenvalue weighted by Crippen LogP contribution is 2.22. The quantitative estimate of drug-likeness (QED) is 0.0712. The first-order valence-electron chi connectivity index (χ1n) is 14.6. The van der Waals surface area contributed by atoms with Crippen molar-refractivity contribution in [3.05, 3.63) is 66.2 Å². The number of esters is 1. The summed E-state index contributed by atoms with van der Waals surface area (Å²) in [5, 5.41) is 8.71. The second-order valence-corrected chi connectivity index (χ2v) is 10.1. The van der Waals surface area contributed by atoms with Crippen molar-refractivity contribution < 1.29 is 14.3 Å². The number of carbonyl (C=O) groups excluding carboxylic acids is 1. The van der Waals surface area contributed by atoms with Gasteiger partial charge in [0.15, 0.2) is 0 Å². The molecule has 38 heavy (non-hydrogen) atoms. The Bertz CT molecular complexity index is 936. The predicted molar refractivity (Wildman–Crippen MR) is 158 cm³/mol. The highest BCUT2D eigenvalue weighted by molar-refractivity contribution is 5.86. The minimum absolute atomic E-state index is 0.277. The van der Waals surface area contributed by atoms with Crippen LogP contribution in [0.25, 0.3) is 0 Å². The summed E-state index contributed by atoms with van der Waals surface area (Å²) in [5.41, 5.74) is 3.54. The number of carbonyl (C=O) groups is 1. The lowest BCUT2D eigenvalue weighted by Gasteiger charge is -2.06. The van der Waals surface area contributed by atoms with E-state index in [0.29, 0.717) is 12.2 Å². The maximum absolute atomic E-state index is 11.3. The molecule has 5 heteroatoms. The molecule has 208 valence electrons. The number of nitrogens with zero attached hydrogens (tertiary/aromatic N) is 2. The molecule has 2 rings (SSSR count). The summed E-state index contributed by atoms with van der Waals surface area (Å²) < 4.78 is 11.0. The van der Waals surface area contributed by atoms with Crippen LogP contribution in [0.1, 0.15) is 103 Å². The zero-order valence-corrected chi connectivity index (χ0v) is 23.8. The van der Waals surface area contributed by atoms with Gasteiger partial charge in [-0.25, -0.2) is 4.79 Å². The van der Waals surface area contributed by atoms with Crippen molar-refractivity contribution in [2.24, 2.45) is 10.2 Å². The first-order valence-corrected chi connectivity index (χ1v) is 14.6. The summed E-state index contributed by atoms with van der Waals surface area (Å²) in [6.45, 7) is 8.76. The Hall–Kier alpha value is -2.95. The Morgan fingerprint density at radius 2 is 1.18 bits per heavy atom. The minimum Gasteiger partial charge on any atom is -0.494 e. The van der Waals surface area contributed by atoms with Crippen LogP contribution in [0.4, 0.5) is 11.4 Å². The molecule has 0 aliphatic heterocycles. The van der Waals surface area contributed by atoms with Crippen LogP contribution in [-0.2, 0) is 16.0 Å². The van der Waals surface area contributed by atoms with Crippen molar-refractivity contribution in [1.82, 2.24) is 0 Å². The highest BCUT2D eigenvalue weighted by atomic mass is 16.5. The summed E-state index contributed by atoms with van der Waals surface area (Å²) in [6.07, 6.45) is 16.9. The zero-order chi connectivity index (χ0) is 27.3. The van der Waals surface area contributed by atoms with Crippen molar-refractivity contribution in [2.75, 3.05) is 13.2 Å². The SMILES string of the molecule is C=C(C)C(=O)OCCCCCCCCCCCCOc1ccc(N=Nc2ccc(CCCCC)cc2)cc1. The molecular formula is C33H48N2O3. The van der Waals surface area contributed by atoms with Crippen molar-refractivity contribution in [3.8, 4) is 5.75 Å². The summed E-state index contributed by atoms with van der Waals surface area (Å²) >= 11 is 0. The molecule has 0 N–H and O–H groups in total. The van der Waals surface area contributed by atoms with E-state index in [-0.39, 0.29) is 5.97 Å². The zero-order valence-electron chi connectivity index (χ0n) is 23.8. The smallest absolute Gasteiger partial charge is 0.333 e. The Kier molecular flexibility index (Phi) is 16.5. The van der Waals surface area contributed by atoms with Gasteiger partial charge < -0.3 is 9.47 Å². The van der Waals surface area contributed by atoms with Crippen LogP contribution in [0.5, 0.6) is 5.75 Å². The fourth-order valence-corrected chi connectivity index (χ4v) is 4.13. The summed E-state index contributed by atoms with van der Waals surface area (Å²) in [4.78, 5) is 11.3. The van der Waals surface area contributed by atoms with Crippen molar-refractivity contribution in [2.45, 2.75) is 104 Å². The first-order chi connectivity index (χ1) is 18.6. The van der Waals surface area contributed by atoms with Gasteiger partial charge in [-0.1, -0.05) is 89.8 Å². The lowest BCUT2D eigenvalue weighted by molar-refractivity contribution is -0.139. The number of unbranched alkanes of at least 4 members (excludes halogenated alkanes) is 11. The van der Waals surface area contributed by atoms with E-state index < -0.39 is 0 Å². The van der Waals surface area contributed by atoms with E-state index >= 15 is 0 Å². The Morgan fingerprint density at radius 1 is 0.684 bits per heavy atom. The average molecular weight is 521 g/mol. The van der Waals surface area contributed by atoms with E-state index in [4.69, 9.17) is 9.47 Å². The number of hydrogen-bond acceptors (Lipinski definition) is 5. The number of rotatable bonds is 21. The van der Waals surface area contributed by atoms with Crippen LogP contribution < -0.4 is 4.74 Å². The molecule has 0 saturated carbocycles. The largest absolute Gasteiger partial charge is 0.494 e. The van der Waals surface area contributed by atoms with Crippen LogP contribution in [-0.4, -0.2) is 19.2 Å². The predicted octanol–water partition coefficient (Wildman–Crippen LogP) is 10.2. The van der Waals surface area contributed by atoms with Gasteiger partial charge in [-0.05, 0) is 74.6 Å². The third-order valence-corrected chi connectivity index (χ3v) is 6.51. The van der Waals surface area contributed by atoms with Crippen LogP contribution >= 0.6 is 0 Å². The molecule has 0 heterocycles. The summed E-state index contributed by atoms with van der Waals surface area (Å²) in [6, 6.07) is 16.2. The molecule has 0 atom stereocenters. The molecule has 0 bridgehead atoms. The van der Waals surface area contributed by atoms with Gasteiger partial charge in [0.25, 0.3) is 0 Å². The van der Waals surface area contributed by atoms with E-state index in [2.05, 4.69) is 35.9 Å². The van der Waals surface area contributed by atoms with Crippen molar-refractivity contribution in [3.63, 3.8) is 0 Å². The monoisotopic (exact) mass is 520 g/mol. The summed E-state index contributed by atoms with van der Waals surface area (Å²) in [7, 11) is 0. The maximum Gasteiger partial charge on any atom is 0.333 e. The second kappa shape index (κ2) is 20.1. The topological polar surface area (TPSA) is 60.2 Å². The molecule has 2 aromatic rings. The van der Waals surface area contributed by atoms with Crippen LogP contribution in [0.2, 0.25) is 0 Å². The van der Waals surface area contributed by atoms with Gasteiger partial charge in [0.1, 0.15) is 5.75 Å². The molecule has 0 aromatic heterocycles. The summed E-state index contributed by atoms with van der Waals surface area (Å²) in [5.74, 6) is 0.607. The third-order valence-electron chi connectivity index (χ3n) is 6.51. The minimum atomic E-state index is -0.277. The Morgan fingerprint density at radius 3 is 1.71 bits per heavy atom. The van der Waals surface area contributed by atoms with E-state index in [1.807, 2.05) is 36.4 Å². The molecule has 0 spiro atoms. The van der Waals surface area contributed by atoms with Gasteiger partial charge in [-0.15, -0.1) is 0 Å². The first kappa shape index (κ1) is 31.3. The molecule has 0 unspecified atom stereocenters. The maximum atomic E-state index is 11.3. The molecule has 0 aliphatic carbocycles. The molecule has 0 fully saturated rings. The van der Waals surface area contributed by atoms with Crippen LogP contribution in [0, 0.1) is 0 Å². The normalized spacial score (nSPS) is 11.1. The number of hydrogen-bond donors (Lipinski definition) is 0. The molecular weight excluding hydrogens is 472 g/mol. The van der Waals surface area contributed by atoms with Crippen LogP contribution in [0.15, 0.2) is 70.9 Å². The van der Waals surface area contributed by atoms with E-state index in [0.717, 1.165) is 49.4 Å². The van der Waals surface area contributed by atoms with E-state index in [1.54, 1.807) is 6.92 Å². The molecule has 0 saturated heterocycles. The molecule has 2 aromatic carbocycles. The van der Waals surface area contributed by atoms with Crippen molar-refractivity contribution in [1.29, 1.82) is 0 Å². The van der Waals surface area contributed by atoms with Gasteiger partial charge in [0, 0.05) is 5.57 Å². The van der Waals surface area contributed by atoms with Gasteiger partial charge in [-0.3, -0.25) is 0 Å². The van der Waals surface area contributed by atoms with Crippen LogP contribution in [0.3, 0.4) is 0 Å². The lowest BCUT2D eigenvalue weighted by Crippen LogP contribution is -2.05. The molecule has 0 amide bonds. The molecule has 0 aliphatic rings.